The van der Waals surface area contributed by atoms with E-state index in [0.29, 0.717) is 17.9 Å². The van der Waals surface area contributed by atoms with Crippen molar-refractivity contribution in [3.8, 4) is 17.0 Å². The van der Waals surface area contributed by atoms with Gasteiger partial charge in [0.25, 0.3) is 0 Å². The number of piperidine rings is 3. The fourth-order valence-corrected chi connectivity index (χ4v) is 6.33. The normalized spacial score (nSPS) is 25.3. The van der Waals surface area contributed by atoms with Gasteiger partial charge in [-0.05, 0) is 49.6 Å². The van der Waals surface area contributed by atoms with E-state index in [-0.39, 0.29) is 5.92 Å². The molecule has 9 nitrogen and oxygen atoms in total. The predicted octanol–water partition coefficient (Wildman–Crippen LogP) is 2.60. The molecule has 2 bridgehead atoms. The van der Waals surface area contributed by atoms with Crippen molar-refractivity contribution >= 4 is 17.3 Å². The number of piperazine rings is 1. The number of hydrogen-bond acceptors (Lipinski definition) is 7. The van der Waals surface area contributed by atoms with Crippen molar-refractivity contribution < 1.29 is 9.53 Å². The zero-order valence-corrected chi connectivity index (χ0v) is 21.4. The number of aromatic nitrogens is 3. The second-order valence-electron chi connectivity index (χ2n) is 10.5. The number of ether oxygens (including phenoxy) is 1. The number of rotatable bonds is 6. The van der Waals surface area contributed by atoms with Crippen LogP contribution >= 0.6 is 0 Å². The number of fused-ring (bicyclic) bond motifs is 3. The second kappa shape index (κ2) is 10.0. The topological polar surface area (TPSA) is 92.8 Å². The molecule has 4 fully saturated rings. The fourth-order valence-electron chi connectivity index (χ4n) is 6.33. The first kappa shape index (κ1) is 23.8. The molecule has 1 aromatic heterocycles. The summed E-state index contributed by atoms with van der Waals surface area (Å²) < 4.78 is 7.48. The third kappa shape index (κ3) is 4.75. The SMILES string of the molecule is COc1ccccc1N1CCN(C(=O)[C@H]2CN3CC[C@H]2C[C@@H]3Cn2cc(-c3cccc(N)c3)nn2)CC1. The lowest BCUT2D eigenvalue weighted by atomic mass is 9.75. The smallest absolute Gasteiger partial charge is 0.227 e. The van der Waals surface area contributed by atoms with Gasteiger partial charge in [0.05, 0.1) is 31.5 Å². The highest BCUT2D eigenvalue weighted by Gasteiger charge is 2.44. The molecule has 4 aliphatic heterocycles. The Labute approximate surface area is 217 Å². The summed E-state index contributed by atoms with van der Waals surface area (Å²) in [5.74, 6) is 1.75. The molecule has 0 radical (unpaired) electrons. The molecule has 4 atom stereocenters. The summed E-state index contributed by atoms with van der Waals surface area (Å²) in [6, 6.07) is 16.2. The van der Waals surface area contributed by atoms with E-state index in [4.69, 9.17) is 10.5 Å². The maximum Gasteiger partial charge on any atom is 0.227 e. The van der Waals surface area contributed by atoms with Gasteiger partial charge in [0.15, 0.2) is 0 Å². The van der Waals surface area contributed by atoms with Gasteiger partial charge in [-0.15, -0.1) is 5.10 Å². The van der Waals surface area contributed by atoms with Crippen LogP contribution in [0.3, 0.4) is 0 Å². The lowest BCUT2D eigenvalue weighted by Gasteiger charge is -2.50. The van der Waals surface area contributed by atoms with Gasteiger partial charge in [-0.2, -0.15) is 0 Å². The Bertz CT molecular complexity index is 1250. The predicted molar refractivity (Wildman–Crippen MR) is 143 cm³/mol. The minimum Gasteiger partial charge on any atom is -0.495 e. The van der Waals surface area contributed by atoms with Gasteiger partial charge in [-0.3, -0.25) is 14.4 Å². The molecule has 194 valence electrons. The van der Waals surface area contributed by atoms with Crippen LogP contribution in [0.4, 0.5) is 11.4 Å². The van der Waals surface area contributed by atoms with Crippen molar-refractivity contribution in [2.75, 3.05) is 57.0 Å². The standard InChI is InChI=1S/C28H35N7O2/c1-37-27-8-3-2-7-26(27)32-11-13-33(14-12-32)28(36)24-18-34-10-9-20(24)16-23(34)17-35-19-25(30-31-35)21-5-4-6-22(29)15-21/h2-8,15,19-20,23-24H,9-14,16-18,29H2,1H3/t20-,23+,24-/m0/s1. The maximum absolute atomic E-state index is 13.6. The second-order valence-corrected chi connectivity index (χ2v) is 10.5. The van der Waals surface area contributed by atoms with Gasteiger partial charge >= 0.3 is 0 Å². The van der Waals surface area contributed by atoms with Crippen molar-refractivity contribution in [2.45, 2.75) is 25.4 Å². The number of nitrogen functional groups attached to an aromatic ring is 1. The Hall–Kier alpha value is -3.59. The Morgan fingerprint density at radius 2 is 1.92 bits per heavy atom. The molecule has 1 amide bonds. The third-order valence-corrected chi connectivity index (χ3v) is 8.33. The van der Waals surface area contributed by atoms with Crippen LogP contribution in [-0.2, 0) is 11.3 Å². The highest BCUT2D eigenvalue weighted by molar-refractivity contribution is 5.80. The Kier molecular flexibility index (Phi) is 6.46. The molecule has 4 saturated heterocycles. The first-order chi connectivity index (χ1) is 18.1. The Morgan fingerprint density at radius 1 is 1.08 bits per heavy atom. The van der Waals surface area contributed by atoms with Crippen LogP contribution in [0.2, 0.25) is 0 Å². The highest BCUT2D eigenvalue weighted by Crippen LogP contribution is 2.38. The molecule has 3 aromatic rings. The number of benzene rings is 2. The Morgan fingerprint density at radius 3 is 2.68 bits per heavy atom. The largest absolute Gasteiger partial charge is 0.495 e. The quantitative estimate of drug-likeness (QED) is 0.519. The van der Waals surface area contributed by atoms with Gasteiger partial charge in [0, 0.05) is 50.0 Å². The van der Waals surface area contributed by atoms with E-state index in [1.54, 1.807) is 7.11 Å². The van der Waals surface area contributed by atoms with E-state index in [2.05, 4.69) is 31.1 Å². The van der Waals surface area contributed by atoms with Crippen molar-refractivity contribution in [1.29, 1.82) is 0 Å². The van der Waals surface area contributed by atoms with Crippen LogP contribution in [0.1, 0.15) is 12.8 Å². The highest BCUT2D eigenvalue weighted by atomic mass is 16.5. The van der Waals surface area contributed by atoms with Gasteiger partial charge < -0.3 is 20.3 Å². The lowest BCUT2D eigenvalue weighted by molar-refractivity contribution is -0.144. The molecule has 9 heteroatoms. The van der Waals surface area contributed by atoms with Gasteiger partial charge in [-0.25, -0.2) is 0 Å². The van der Waals surface area contributed by atoms with Crippen LogP contribution in [0.5, 0.6) is 5.75 Å². The van der Waals surface area contributed by atoms with E-state index in [9.17, 15) is 4.79 Å². The minimum atomic E-state index is 0.0985. The number of anilines is 2. The van der Waals surface area contributed by atoms with E-state index >= 15 is 0 Å². The number of carbonyl (C=O) groups excluding carboxylic acids is 1. The van der Waals surface area contributed by atoms with Gasteiger partial charge in [0.1, 0.15) is 11.4 Å². The molecular weight excluding hydrogens is 466 g/mol. The summed E-state index contributed by atoms with van der Waals surface area (Å²) in [6.45, 7) is 5.87. The van der Waals surface area contributed by atoms with Crippen LogP contribution < -0.4 is 15.4 Å². The van der Waals surface area contributed by atoms with Gasteiger partial charge in [-0.1, -0.05) is 29.5 Å². The molecule has 0 spiro atoms. The van der Waals surface area contributed by atoms with E-state index in [0.717, 1.165) is 87.0 Å². The van der Waals surface area contributed by atoms with E-state index in [1.165, 1.54) is 0 Å². The van der Waals surface area contributed by atoms with Crippen LogP contribution in [0.25, 0.3) is 11.3 Å². The fraction of sp³-hybridized carbons (Fsp3) is 0.464. The molecule has 1 unspecified atom stereocenters. The zero-order chi connectivity index (χ0) is 25.4. The molecule has 7 rings (SSSR count). The summed E-state index contributed by atoms with van der Waals surface area (Å²) in [4.78, 5) is 20.5. The van der Waals surface area contributed by atoms with Gasteiger partial charge in [0.2, 0.25) is 5.91 Å². The summed E-state index contributed by atoms with van der Waals surface area (Å²) in [7, 11) is 1.71. The van der Waals surface area contributed by atoms with Crippen LogP contribution in [0, 0.1) is 11.8 Å². The number of nitrogens with two attached hydrogens (primary N) is 1. The Balaban J connectivity index is 1.05. The first-order valence-corrected chi connectivity index (χ1v) is 13.3. The first-order valence-electron chi connectivity index (χ1n) is 13.3. The molecule has 5 heterocycles. The number of amides is 1. The summed E-state index contributed by atoms with van der Waals surface area (Å²) in [5, 5.41) is 8.75. The average molecular weight is 502 g/mol. The summed E-state index contributed by atoms with van der Waals surface area (Å²) in [6.07, 6.45) is 4.13. The molecule has 2 aromatic carbocycles. The van der Waals surface area contributed by atoms with Crippen molar-refractivity contribution in [2.24, 2.45) is 11.8 Å². The minimum absolute atomic E-state index is 0.0985. The lowest BCUT2D eigenvalue weighted by Crippen LogP contribution is -2.60. The number of carbonyl (C=O) groups is 1. The number of para-hydroxylation sites is 2. The molecule has 4 aliphatic rings. The van der Waals surface area contributed by atoms with Crippen LogP contribution in [-0.4, -0.2) is 83.1 Å². The number of nitrogens with zero attached hydrogens (tertiary/aromatic N) is 6. The molecule has 2 N–H and O–H groups in total. The zero-order valence-electron chi connectivity index (χ0n) is 21.4. The summed E-state index contributed by atoms with van der Waals surface area (Å²) >= 11 is 0. The van der Waals surface area contributed by atoms with Crippen molar-refractivity contribution in [3.05, 3.63) is 54.7 Å². The average Bonchev–Trinajstić information content (AvgIpc) is 3.41. The van der Waals surface area contributed by atoms with Crippen molar-refractivity contribution in [3.63, 3.8) is 0 Å². The molecule has 0 saturated carbocycles. The molecule has 0 aliphatic carbocycles. The monoisotopic (exact) mass is 501 g/mol. The van der Waals surface area contributed by atoms with E-state index in [1.807, 2.05) is 53.3 Å². The van der Waals surface area contributed by atoms with E-state index < -0.39 is 0 Å². The maximum atomic E-state index is 13.6. The molecule has 37 heavy (non-hydrogen) atoms. The summed E-state index contributed by atoms with van der Waals surface area (Å²) in [5.41, 5.74) is 9.57. The third-order valence-electron chi connectivity index (χ3n) is 8.33. The number of methoxy groups -OCH3 is 1. The van der Waals surface area contributed by atoms with Crippen LogP contribution in [0.15, 0.2) is 54.7 Å². The van der Waals surface area contributed by atoms with Crippen molar-refractivity contribution in [1.82, 2.24) is 24.8 Å². The molecular formula is C28H35N7O2. The number of hydrogen-bond donors (Lipinski definition) is 1.